The zero-order valence-electron chi connectivity index (χ0n) is 18.8. The minimum atomic E-state index is -0.366. The van der Waals surface area contributed by atoms with Gasteiger partial charge in [-0.1, -0.05) is 36.9 Å². The van der Waals surface area contributed by atoms with Crippen molar-refractivity contribution in [3.05, 3.63) is 90.2 Å². The molecular formula is C27H24ClN3O4. The molecule has 7 nitrogen and oxygen atoms in total. The van der Waals surface area contributed by atoms with Crippen molar-refractivity contribution in [1.29, 1.82) is 0 Å². The van der Waals surface area contributed by atoms with E-state index in [4.69, 9.17) is 16.0 Å². The van der Waals surface area contributed by atoms with E-state index in [-0.39, 0.29) is 29.9 Å². The predicted molar refractivity (Wildman–Crippen MR) is 140 cm³/mol. The molecule has 0 saturated heterocycles. The number of alkyl halides is 1. The minimum Gasteiger partial charge on any atom is -0.508 e. The van der Waals surface area contributed by atoms with E-state index in [0.29, 0.717) is 40.5 Å². The number of carbonyl (C=O) groups is 2. The molecule has 0 fully saturated rings. The Morgan fingerprint density at radius 2 is 1.83 bits per heavy atom. The largest absolute Gasteiger partial charge is 0.508 e. The standard InChI is InChI=1S/C27H24ClN3O4/c1-2-17-13-20(30-27(34)25-14-19-5-3-4-6-24(19)35-25)8-10-22(17)29-16-26(33)31-23-15-21(32)9-7-18(23)11-12-28/h2-10,13-15,29,32H,1,11-12,16H2,(H,30,34)(H,31,33). The van der Waals surface area contributed by atoms with Gasteiger partial charge >= 0.3 is 0 Å². The first-order valence-corrected chi connectivity index (χ1v) is 11.5. The van der Waals surface area contributed by atoms with Gasteiger partial charge in [-0.05, 0) is 53.9 Å². The van der Waals surface area contributed by atoms with Crippen LogP contribution in [0.3, 0.4) is 0 Å². The monoisotopic (exact) mass is 489 g/mol. The summed E-state index contributed by atoms with van der Waals surface area (Å²) in [6.45, 7) is 3.81. The average Bonchev–Trinajstić information content (AvgIpc) is 3.29. The number of rotatable bonds is 9. The van der Waals surface area contributed by atoms with Gasteiger partial charge in [0.1, 0.15) is 11.3 Å². The molecule has 8 heteroatoms. The van der Waals surface area contributed by atoms with Crippen LogP contribution in [-0.4, -0.2) is 29.3 Å². The fourth-order valence-corrected chi connectivity index (χ4v) is 3.83. The number of amides is 2. The number of aromatic hydroxyl groups is 1. The number of anilines is 3. The molecule has 35 heavy (non-hydrogen) atoms. The third-order valence-corrected chi connectivity index (χ3v) is 5.54. The fraction of sp³-hybridized carbons (Fsp3) is 0.111. The second kappa shape index (κ2) is 10.8. The number of hydrogen-bond acceptors (Lipinski definition) is 5. The molecule has 0 saturated carbocycles. The molecule has 0 aliphatic carbocycles. The van der Waals surface area contributed by atoms with Gasteiger partial charge in [0.2, 0.25) is 5.91 Å². The third kappa shape index (κ3) is 5.83. The van der Waals surface area contributed by atoms with Crippen LogP contribution in [-0.2, 0) is 11.2 Å². The normalized spacial score (nSPS) is 10.7. The van der Waals surface area contributed by atoms with Crippen LogP contribution in [0.5, 0.6) is 5.75 Å². The van der Waals surface area contributed by atoms with Gasteiger partial charge in [-0.25, -0.2) is 0 Å². The summed E-state index contributed by atoms with van der Waals surface area (Å²) < 4.78 is 5.62. The van der Waals surface area contributed by atoms with Gasteiger partial charge in [0.25, 0.3) is 5.91 Å². The number of hydrogen-bond donors (Lipinski definition) is 4. The van der Waals surface area contributed by atoms with Crippen LogP contribution in [0.1, 0.15) is 21.7 Å². The molecule has 4 N–H and O–H groups in total. The Bertz CT molecular complexity index is 1360. The van der Waals surface area contributed by atoms with E-state index >= 15 is 0 Å². The highest BCUT2D eigenvalue weighted by molar-refractivity contribution is 6.18. The summed E-state index contributed by atoms with van der Waals surface area (Å²) >= 11 is 5.83. The SMILES string of the molecule is C=Cc1cc(NC(=O)c2cc3ccccc3o2)ccc1NCC(=O)Nc1cc(O)ccc1CCCl. The van der Waals surface area contributed by atoms with Gasteiger partial charge in [-0.2, -0.15) is 0 Å². The summed E-state index contributed by atoms with van der Waals surface area (Å²) in [6.07, 6.45) is 2.19. The van der Waals surface area contributed by atoms with Gasteiger partial charge in [0.05, 0.1) is 6.54 Å². The van der Waals surface area contributed by atoms with Crippen LogP contribution >= 0.6 is 11.6 Å². The Morgan fingerprint density at radius 1 is 1.00 bits per heavy atom. The predicted octanol–water partition coefficient (Wildman–Crippen LogP) is 5.87. The first-order valence-electron chi connectivity index (χ1n) is 10.9. The van der Waals surface area contributed by atoms with Crippen molar-refractivity contribution in [1.82, 2.24) is 0 Å². The summed E-state index contributed by atoms with van der Waals surface area (Å²) in [5.74, 6) is 0.0127. The molecular weight excluding hydrogens is 466 g/mol. The maximum absolute atomic E-state index is 12.6. The third-order valence-electron chi connectivity index (χ3n) is 5.35. The topological polar surface area (TPSA) is 104 Å². The Labute approximate surface area is 207 Å². The zero-order chi connectivity index (χ0) is 24.8. The summed E-state index contributed by atoms with van der Waals surface area (Å²) in [7, 11) is 0. The first-order chi connectivity index (χ1) is 17.0. The molecule has 0 unspecified atom stereocenters. The highest BCUT2D eigenvalue weighted by Gasteiger charge is 2.14. The van der Waals surface area contributed by atoms with Crippen molar-refractivity contribution >= 4 is 57.5 Å². The molecule has 0 aliphatic rings. The van der Waals surface area contributed by atoms with Crippen molar-refractivity contribution in [2.24, 2.45) is 0 Å². The average molecular weight is 490 g/mol. The lowest BCUT2D eigenvalue weighted by molar-refractivity contribution is -0.114. The quantitative estimate of drug-likeness (QED) is 0.220. The van der Waals surface area contributed by atoms with Crippen LogP contribution < -0.4 is 16.0 Å². The van der Waals surface area contributed by atoms with Crippen molar-refractivity contribution in [3.8, 4) is 5.75 Å². The molecule has 0 atom stereocenters. The van der Waals surface area contributed by atoms with Gasteiger partial charge in [0.15, 0.2) is 5.76 Å². The number of para-hydroxylation sites is 1. The number of fused-ring (bicyclic) bond motifs is 1. The van der Waals surface area contributed by atoms with Gasteiger partial charge in [-0.15, -0.1) is 11.6 Å². The number of benzene rings is 3. The van der Waals surface area contributed by atoms with E-state index in [2.05, 4.69) is 22.5 Å². The second-order valence-electron chi connectivity index (χ2n) is 7.79. The van der Waals surface area contributed by atoms with Crippen molar-refractivity contribution in [3.63, 3.8) is 0 Å². The Balaban J connectivity index is 1.40. The van der Waals surface area contributed by atoms with Crippen LogP contribution in [0.25, 0.3) is 17.0 Å². The maximum atomic E-state index is 12.6. The van der Waals surface area contributed by atoms with E-state index in [1.165, 1.54) is 6.07 Å². The lowest BCUT2D eigenvalue weighted by Gasteiger charge is -2.14. The minimum absolute atomic E-state index is 0.0124. The van der Waals surface area contributed by atoms with Gasteiger partial charge in [0, 0.05) is 34.4 Å². The summed E-state index contributed by atoms with van der Waals surface area (Å²) in [5.41, 5.74) is 3.94. The van der Waals surface area contributed by atoms with E-state index < -0.39 is 0 Å². The molecule has 1 aromatic heterocycles. The second-order valence-corrected chi connectivity index (χ2v) is 8.17. The highest BCUT2D eigenvalue weighted by atomic mass is 35.5. The van der Waals surface area contributed by atoms with Crippen molar-refractivity contribution < 1.29 is 19.1 Å². The lowest BCUT2D eigenvalue weighted by atomic mass is 10.1. The molecule has 1 heterocycles. The summed E-state index contributed by atoms with van der Waals surface area (Å²) in [5, 5.41) is 19.3. The Morgan fingerprint density at radius 3 is 2.60 bits per heavy atom. The number of carbonyl (C=O) groups excluding carboxylic acids is 2. The molecule has 178 valence electrons. The highest BCUT2D eigenvalue weighted by Crippen LogP contribution is 2.25. The molecule has 4 rings (SSSR count). The molecule has 0 aliphatic heterocycles. The van der Waals surface area contributed by atoms with Crippen LogP contribution in [0.4, 0.5) is 17.1 Å². The molecule has 0 spiro atoms. The number of aryl methyl sites for hydroxylation is 1. The molecule has 0 bridgehead atoms. The number of furan rings is 1. The Kier molecular flexibility index (Phi) is 7.38. The molecule has 2 amide bonds. The first kappa shape index (κ1) is 23.9. The lowest BCUT2D eigenvalue weighted by Crippen LogP contribution is -2.22. The van der Waals surface area contributed by atoms with Crippen LogP contribution in [0.2, 0.25) is 0 Å². The Hall–Kier alpha value is -4.23. The smallest absolute Gasteiger partial charge is 0.291 e. The van der Waals surface area contributed by atoms with Crippen molar-refractivity contribution in [2.75, 3.05) is 28.4 Å². The number of halogens is 1. The number of phenols is 1. The molecule has 0 radical (unpaired) electrons. The van der Waals surface area contributed by atoms with E-state index in [0.717, 1.165) is 10.9 Å². The van der Waals surface area contributed by atoms with Crippen molar-refractivity contribution in [2.45, 2.75) is 6.42 Å². The number of nitrogens with one attached hydrogen (secondary N) is 3. The van der Waals surface area contributed by atoms with Gasteiger partial charge < -0.3 is 25.5 Å². The molecule has 4 aromatic rings. The van der Waals surface area contributed by atoms with Gasteiger partial charge in [-0.3, -0.25) is 9.59 Å². The number of phenolic OH excluding ortho intramolecular Hbond substituents is 1. The summed E-state index contributed by atoms with van der Waals surface area (Å²) in [6, 6.07) is 19.1. The van der Waals surface area contributed by atoms with E-state index in [1.807, 2.05) is 18.2 Å². The zero-order valence-corrected chi connectivity index (χ0v) is 19.6. The van der Waals surface area contributed by atoms with E-state index in [1.54, 1.807) is 48.5 Å². The van der Waals surface area contributed by atoms with Crippen LogP contribution in [0.15, 0.2) is 77.7 Å². The maximum Gasteiger partial charge on any atom is 0.291 e. The van der Waals surface area contributed by atoms with Crippen LogP contribution in [0, 0.1) is 0 Å². The van der Waals surface area contributed by atoms with E-state index in [9.17, 15) is 14.7 Å². The summed E-state index contributed by atoms with van der Waals surface area (Å²) in [4.78, 5) is 25.1. The molecule has 3 aromatic carbocycles. The fourth-order valence-electron chi connectivity index (χ4n) is 3.63.